The highest BCUT2D eigenvalue weighted by atomic mass is 32.1. The Hall–Kier alpha value is -0.910. The third-order valence-corrected chi connectivity index (χ3v) is 2.70. The van der Waals surface area contributed by atoms with Crippen molar-refractivity contribution in [3.8, 4) is 0 Å². The van der Waals surface area contributed by atoms with Gasteiger partial charge in [0.2, 0.25) is 0 Å². The summed E-state index contributed by atoms with van der Waals surface area (Å²) in [5.41, 5.74) is 0. The maximum absolute atomic E-state index is 10.9. The molecule has 0 radical (unpaired) electrons. The number of rotatable bonds is 8. The van der Waals surface area contributed by atoms with E-state index in [1.807, 2.05) is 11.4 Å². The highest BCUT2D eigenvalue weighted by Crippen LogP contribution is 2.06. The highest BCUT2D eigenvalue weighted by molar-refractivity contribution is 7.09. The Morgan fingerprint density at radius 2 is 2.44 bits per heavy atom. The summed E-state index contributed by atoms with van der Waals surface area (Å²) >= 11 is 1.72. The summed E-state index contributed by atoms with van der Waals surface area (Å²) in [6.07, 6.45) is 0. The van der Waals surface area contributed by atoms with E-state index in [0.717, 1.165) is 13.1 Å². The Bertz CT molecular complexity index is 287. The van der Waals surface area contributed by atoms with Gasteiger partial charge >= 0.3 is 5.97 Å². The van der Waals surface area contributed by atoms with Crippen LogP contribution in [0.2, 0.25) is 0 Å². The molecule has 90 valence electrons. The van der Waals surface area contributed by atoms with Gasteiger partial charge in [-0.2, -0.15) is 0 Å². The highest BCUT2D eigenvalue weighted by Gasteiger charge is 2.00. The molecule has 1 heterocycles. The van der Waals surface area contributed by atoms with Crippen molar-refractivity contribution in [1.29, 1.82) is 0 Å². The lowest BCUT2D eigenvalue weighted by Crippen LogP contribution is -2.21. The molecular weight excluding hydrogens is 226 g/mol. The summed E-state index contributed by atoms with van der Waals surface area (Å²) in [5, 5.41) is 5.28. The van der Waals surface area contributed by atoms with Crippen LogP contribution in [0.5, 0.6) is 0 Å². The van der Waals surface area contributed by atoms with E-state index >= 15 is 0 Å². The molecule has 0 saturated heterocycles. The zero-order valence-electron chi connectivity index (χ0n) is 9.40. The largest absolute Gasteiger partial charge is 0.464 e. The van der Waals surface area contributed by atoms with Crippen molar-refractivity contribution in [3.05, 3.63) is 22.4 Å². The van der Waals surface area contributed by atoms with Crippen LogP contribution >= 0.6 is 11.3 Å². The van der Waals surface area contributed by atoms with Gasteiger partial charge in [-0.25, -0.2) is 4.79 Å². The van der Waals surface area contributed by atoms with Crippen molar-refractivity contribution < 1.29 is 14.3 Å². The van der Waals surface area contributed by atoms with Gasteiger partial charge < -0.3 is 14.8 Å². The number of nitrogens with one attached hydrogen (secondary N) is 1. The van der Waals surface area contributed by atoms with E-state index in [1.54, 1.807) is 18.3 Å². The fourth-order valence-electron chi connectivity index (χ4n) is 1.13. The number of ether oxygens (including phenoxy) is 2. The Morgan fingerprint density at radius 3 is 3.12 bits per heavy atom. The molecule has 0 aromatic carbocycles. The first-order chi connectivity index (χ1) is 7.83. The van der Waals surface area contributed by atoms with Crippen LogP contribution in [0.4, 0.5) is 0 Å². The summed E-state index contributed by atoms with van der Waals surface area (Å²) in [5.74, 6) is -0.305. The third kappa shape index (κ3) is 5.85. The number of hydrogen-bond acceptors (Lipinski definition) is 5. The van der Waals surface area contributed by atoms with Crippen molar-refractivity contribution >= 4 is 17.3 Å². The van der Waals surface area contributed by atoms with Gasteiger partial charge in [-0.15, -0.1) is 11.3 Å². The molecule has 16 heavy (non-hydrogen) atoms. The second kappa shape index (κ2) is 8.27. The van der Waals surface area contributed by atoms with E-state index in [4.69, 9.17) is 9.47 Å². The number of thiophene rings is 1. The average Bonchev–Trinajstić information content (AvgIpc) is 2.76. The fourth-order valence-corrected chi connectivity index (χ4v) is 1.80. The molecule has 5 heteroatoms. The Balaban J connectivity index is 1.90. The topological polar surface area (TPSA) is 47.6 Å². The van der Waals surface area contributed by atoms with E-state index in [1.165, 1.54) is 4.88 Å². The van der Waals surface area contributed by atoms with Crippen molar-refractivity contribution in [2.24, 2.45) is 0 Å². The minimum atomic E-state index is -0.305. The van der Waals surface area contributed by atoms with Crippen molar-refractivity contribution in [3.63, 3.8) is 0 Å². The number of carbonyl (C=O) groups excluding carboxylic acids is 1. The third-order valence-electron chi connectivity index (χ3n) is 1.83. The minimum Gasteiger partial charge on any atom is -0.464 e. The second-order valence-electron chi connectivity index (χ2n) is 3.11. The summed E-state index contributed by atoms with van der Waals surface area (Å²) < 4.78 is 9.86. The molecule has 0 bridgehead atoms. The molecule has 0 aliphatic heterocycles. The molecule has 0 fully saturated rings. The van der Waals surface area contributed by atoms with Crippen LogP contribution in [0, 0.1) is 0 Å². The molecule has 0 aliphatic rings. The maximum Gasteiger partial charge on any atom is 0.332 e. The lowest BCUT2D eigenvalue weighted by Gasteiger charge is -2.05. The number of hydrogen-bond donors (Lipinski definition) is 1. The summed E-state index contributed by atoms with van der Waals surface area (Å²) in [7, 11) is 0. The Labute approximate surface area is 99.6 Å². The molecule has 0 amide bonds. The van der Waals surface area contributed by atoms with Gasteiger partial charge in [0.25, 0.3) is 0 Å². The molecular formula is C11H17NO3S. The second-order valence-corrected chi connectivity index (χ2v) is 4.15. The minimum absolute atomic E-state index is 0.0362. The summed E-state index contributed by atoms with van der Waals surface area (Å²) in [6.45, 7) is 4.32. The SMILES string of the molecule is CCOC(=O)COCCNCc1cccs1. The average molecular weight is 243 g/mol. The lowest BCUT2D eigenvalue weighted by molar-refractivity contribution is -0.148. The zero-order chi connectivity index (χ0) is 11.6. The van der Waals surface area contributed by atoms with Crippen LogP contribution in [0.15, 0.2) is 17.5 Å². The Kier molecular flexibility index (Phi) is 6.80. The standard InChI is InChI=1S/C11H17NO3S/c1-2-15-11(13)9-14-6-5-12-8-10-4-3-7-16-10/h3-4,7,12H,2,5-6,8-9H2,1H3. The maximum atomic E-state index is 10.9. The van der Waals surface area contributed by atoms with E-state index in [9.17, 15) is 4.79 Å². The predicted octanol–water partition coefficient (Wildman–Crippen LogP) is 1.42. The lowest BCUT2D eigenvalue weighted by atomic mass is 10.4. The van der Waals surface area contributed by atoms with Crippen LogP contribution in [0.3, 0.4) is 0 Å². The van der Waals surface area contributed by atoms with Crippen LogP contribution in [-0.2, 0) is 20.8 Å². The molecule has 0 atom stereocenters. The van der Waals surface area contributed by atoms with Crippen molar-refractivity contribution in [2.75, 3.05) is 26.4 Å². The fraction of sp³-hybridized carbons (Fsp3) is 0.545. The smallest absolute Gasteiger partial charge is 0.332 e. The molecule has 1 rings (SSSR count). The van der Waals surface area contributed by atoms with Crippen LogP contribution < -0.4 is 5.32 Å². The quantitative estimate of drug-likeness (QED) is 0.554. The van der Waals surface area contributed by atoms with Gasteiger partial charge in [-0.3, -0.25) is 0 Å². The van der Waals surface area contributed by atoms with Gasteiger partial charge in [0.05, 0.1) is 13.2 Å². The first kappa shape index (κ1) is 13.2. The molecule has 0 saturated carbocycles. The van der Waals surface area contributed by atoms with Crippen molar-refractivity contribution in [2.45, 2.75) is 13.5 Å². The van der Waals surface area contributed by atoms with Gasteiger partial charge in [0, 0.05) is 18.0 Å². The number of esters is 1. The summed E-state index contributed by atoms with van der Waals surface area (Å²) in [6, 6.07) is 4.11. The number of carbonyl (C=O) groups is 1. The van der Waals surface area contributed by atoms with E-state index in [2.05, 4.69) is 11.4 Å². The first-order valence-corrected chi connectivity index (χ1v) is 6.17. The molecule has 4 nitrogen and oxygen atoms in total. The van der Waals surface area contributed by atoms with Gasteiger partial charge in [0.15, 0.2) is 0 Å². The normalized spacial score (nSPS) is 10.3. The molecule has 0 spiro atoms. The molecule has 0 unspecified atom stereocenters. The van der Waals surface area contributed by atoms with E-state index in [-0.39, 0.29) is 12.6 Å². The summed E-state index contributed by atoms with van der Waals surface area (Å²) in [4.78, 5) is 12.2. The molecule has 1 aromatic heterocycles. The van der Waals surface area contributed by atoms with Crippen LogP contribution in [0.1, 0.15) is 11.8 Å². The predicted molar refractivity (Wildman–Crippen MR) is 63.5 cm³/mol. The van der Waals surface area contributed by atoms with E-state index in [0.29, 0.717) is 13.2 Å². The zero-order valence-corrected chi connectivity index (χ0v) is 10.2. The van der Waals surface area contributed by atoms with E-state index < -0.39 is 0 Å². The van der Waals surface area contributed by atoms with Gasteiger partial charge in [-0.1, -0.05) is 6.07 Å². The molecule has 1 N–H and O–H groups in total. The van der Waals surface area contributed by atoms with Gasteiger partial charge in [-0.05, 0) is 18.4 Å². The molecule has 0 aliphatic carbocycles. The molecule has 1 aromatic rings. The Morgan fingerprint density at radius 1 is 1.56 bits per heavy atom. The van der Waals surface area contributed by atoms with Gasteiger partial charge in [0.1, 0.15) is 6.61 Å². The van der Waals surface area contributed by atoms with Crippen LogP contribution in [-0.4, -0.2) is 32.3 Å². The first-order valence-electron chi connectivity index (χ1n) is 5.29. The van der Waals surface area contributed by atoms with Crippen LogP contribution in [0.25, 0.3) is 0 Å². The van der Waals surface area contributed by atoms with Crippen molar-refractivity contribution in [1.82, 2.24) is 5.32 Å². The monoisotopic (exact) mass is 243 g/mol.